The van der Waals surface area contributed by atoms with Crippen molar-refractivity contribution in [2.75, 3.05) is 7.11 Å². The van der Waals surface area contributed by atoms with Gasteiger partial charge in [-0.05, 0) is 54.8 Å². The largest absolute Gasteiger partial charge is 0.497 e. The van der Waals surface area contributed by atoms with Gasteiger partial charge in [-0.25, -0.2) is 0 Å². The Bertz CT molecular complexity index is 624. The summed E-state index contributed by atoms with van der Waals surface area (Å²) in [5.41, 5.74) is 3.89. The van der Waals surface area contributed by atoms with E-state index in [-0.39, 0.29) is 5.78 Å². The molecule has 2 aromatic carbocycles. The Morgan fingerprint density at radius 3 is 2.40 bits per heavy atom. The van der Waals surface area contributed by atoms with E-state index in [1.165, 1.54) is 0 Å². The van der Waals surface area contributed by atoms with Gasteiger partial charge < -0.3 is 4.74 Å². The number of carbonyl (C=O) groups is 1. The molecule has 0 saturated heterocycles. The van der Waals surface area contributed by atoms with E-state index in [0.717, 1.165) is 32.5 Å². The third-order valence-corrected chi connectivity index (χ3v) is 4.51. The quantitative estimate of drug-likeness (QED) is 0.770. The minimum atomic E-state index is 0.122. The lowest BCUT2D eigenvalue weighted by Gasteiger charge is -2.08. The summed E-state index contributed by atoms with van der Waals surface area (Å²) in [6.45, 7) is 4.00. The molecule has 0 radical (unpaired) electrons. The van der Waals surface area contributed by atoms with Gasteiger partial charge >= 0.3 is 0 Å². The monoisotopic (exact) mass is 332 g/mol. The van der Waals surface area contributed by atoms with Crippen LogP contribution in [0.25, 0.3) is 0 Å². The second kappa shape index (κ2) is 6.23. The van der Waals surface area contributed by atoms with Crippen LogP contribution >= 0.6 is 15.9 Å². The van der Waals surface area contributed by atoms with Gasteiger partial charge in [-0.1, -0.05) is 28.1 Å². The van der Waals surface area contributed by atoms with Crippen LogP contribution in [0, 0.1) is 13.8 Å². The van der Waals surface area contributed by atoms with E-state index in [9.17, 15) is 4.79 Å². The fourth-order valence-corrected chi connectivity index (χ4v) is 2.41. The lowest BCUT2D eigenvalue weighted by Crippen LogP contribution is -2.05. The van der Waals surface area contributed by atoms with Crippen LogP contribution in [0.5, 0.6) is 5.75 Å². The van der Waals surface area contributed by atoms with Crippen molar-refractivity contribution in [2.24, 2.45) is 0 Å². The number of hydrogen-bond acceptors (Lipinski definition) is 2. The summed E-state index contributed by atoms with van der Waals surface area (Å²) >= 11 is 3.52. The molecule has 20 heavy (non-hydrogen) atoms. The Morgan fingerprint density at radius 2 is 1.80 bits per heavy atom. The highest BCUT2D eigenvalue weighted by atomic mass is 79.9. The summed E-state index contributed by atoms with van der Waals surface area (Å²) < 4.78 is 6.24. The molecule has 0 amide bonds. The molecule has 0 aliphatic carbocycles. The number of ether oxygens (including phenoxy) is 1. The lowest BCUT2D eigenvalue weighted by molar-refractivity contribution is 0.0993. The van der Waals surface area contributed by atoms with Crippen LogP contribution in [0.4, 0.5) is 0 Å². The highest BCUT2D eigenvalue weighted by Crippen LogP contribution is 2.23. The fourth-order valence-electron chi connectivity index (χ4n) is 2.18. The summed E-state index contributed by atoms with van der Waals surface area (Å²) in [4.78, 5) is 12.4. The van der Waals surface area contributed by atoms with Gasteiger partial charge in [0.25, 0.3) is 0 Å². The Kier molecular flexibility index (Phi) is 4.61. The van der Waals surface area contributed by atoms with E-state index < -0.39 is 0 Å². The Balaban J connectivity index is 2.23. The van der Waals surface area contributed by atoms with Crippen LogP contribution in [0.1, 0.15) is 27.0 Å². The molecule has 0 bridgehead atoms. The normalized spacial score (nSPS) is 10.4. The molecule has 0 spiro atoms. The zero-order valence-corrected chi connectivity index (χ0v) is 13.5. The average molecular weight is 333 g/mol. The van der Waals surface area contributed by atoms with Crippen LogP contribution < -0.4 is 4.74 Å². The molecule has 0 aromatic heterocycles. The average Bonchev–Trinajstić information content (AvgIpc) is 2.44. The third kappa shape index (κ3) is 3.28. The van der Waals surface area contributed by atoms with Gasteiger partial charge in [0.15, 0.2) is 5.78 Å². The van der Waals surface area contributed by atoms with Crippen LogP contribution in [0.15, 0.2) is 40.9 Å². The van der Waals surface area contributed by atoms with Crippen molar-refractivity contribution < 1.29 is 9.53 Å². The van der Waals surface area contributed by atoms with Crippen LogP contribution in [-0.2, 0) is 6.42 Å². The molecule has 104 valence electrons. The summed E-state index contributed by atoms with van der Waals surface area (Å²) in [6, 6.07) is 11.5. The van der Waals surface area contributed by atoms with Gasteiger partial charge in [0.1, 0.15) is 5.75 Å². The van der Waals surface area contributed by atoms with Gasteiger partial charge in [-0.3, -0.25) is 4.79 Å². The predicted octanol–water partition coefficient (Wildman–Crippen LogP) is 4.50. The fraction of sp³-hybridized carbons (Fsp3) is 0.235. The number of rotatable bonds is 4. The molecule has 0 heterocycles. The van der Waals surface area contributed by atoms with Crippen LogP contribution in [-0.4, -0.2) is 12.9 Å². The van der Waals surface area contributed by atoms with Crippen molar-refractivity contribution in [1.82, 2.24) is 0 Å². The number of ketones is 1. The van der Waals surface area contributed by atoms with Crippen molar-refractivity contribution in [1.29, 1.82) is 0 Å². The molecule has 0 aliphatic heterocycles. The zero-order chi connectivity index (χ0) is 14.7. The topological polar surface area (TPSA) is 26.3 Å². The van der Waals surface area contributed by atoms with Gasteiger partial charge in [0.2, 0.25) is 0 Å². The van der Waals surface area contributed by atoms with Crippen molar-refractivity contribution in [3.63, 3.8) is 0 Å². The van der Waals surface area contributed by atoms with Crippen molar-refractivity contribution >= 4 is 21.7 Å². The maximum atomic E-state index is 12.4. The first-order valence-electron chi connectivity index (χ1n) is 6.44. The molecule has 2 aromatic rings. The third-order valence-electron chi connectivity index (χ3n) is 3.26. The standard InChI is InChI=1S/C17H17BrO2/c1-11-7-14(8-12(2)17(11)18)16(19)10-13-5-4-6-15(9-13)20-3/h4-9H,10H2,1-3H3. The highest BCUT2D eigenvalue weighted by Gasteiger charge is 2.11. The first-order valence-corrected chi connectivity index (χ1v) is 7.23. The SMILES string of the molecule is COc1cccc(CC(=O)c2cc(C)c(Br)c(C)c2)c1. The second-order valence-corrected chi connectivity index (χ2v) is 5.67. The number of methoxy groups -OCH3 is 1. The van der Waals surface area contributed by atoms with Gasteiger partial charge in [0.05, 0.1) is 7.11 Å². The van der Waals surface area contributed by atoms with Gasteiger partial charge in [-0.2, -0.15) is 0 Å². The zero-order valence-electron chi connectivity index (χ0n) is 11.9. The van der Waals surface area contributed by atoms with Crippen molar-refractivity contribution in [3.8, 4) is 5.75 Å². The summed E-state index contributed by atoms with van der Waals surface area (Å²) in [7, 11) is 1.63. The van der Waals surface area contributed by atoms with E-state index in [4.69, 9.17) is 4.74 Å². The van der Waals surface area contributed by atoms with Gasteiger partial charge in [-0.15, -0.1) is 0 Å². The van der Waals surface area contributed by atoms with Crippen molar-refractivity contribution in [3.05, 3.63) is 63.1 Å². The number of halogens is 1. The summed E-state index contributed by atoms with van der Waals surface area (Å²) in [5.74, 6) is 0.899. The molecule has 0 aliphatic rings. The summed E-state index contributed by atoms with van der Waals surface area (Å²) in [6.07, 6.45) is 0.387. The van der Waals surface area contributed by atoms with E-state index in [0.29, 0.717) is 6.42 Å². The maximum absolute atomic E-state index is 12.4. The van der Waals surface area contributed by atoms with E-state index in [1.54, 1.807) is 7.11 Å². The molecule has 2 nitrogen and oxygen atoms in total. The Labute approximate surface area is 127 Å². The first kappa shape index (κ1) is 14.8. The van der Waals surface area contributed by atoms with E-state index in [1.807, 2.05) is 50.2 Å². The minimum absolute atomic E-state index is 0.122. The molecule has 0 fully saturated rings. The number of Topliss-reactive ketones (excluding diaryl/α,β-unsaturated/α-hetero) is 1. The Hall–Kier alpha value is -1.61. The molecule has 0 saturated carbocycles. The van der Waals surface area contributed by atoms with E-state index in [2.05, 4.69) is 15.9 Å². The minimum Gasteiger partial charge on any atom is -0.497 e. The predicted molar refractivity (Wildman–Crippen MR) is 84.6 cm³/mol. The molecular formula is C17H17BrO2. The number of carbonyl (C=O) groups excluding carboxylic acids is 1. The highest BCUT2D eigenvalue weighted by molar-refractivity contribution is 9.10. The molecule has 0 N–H and O–H groups in total. The first-order chi connectivity index (χ1) is 9.51. The molecule has 3 heteroatoms. The van der Waals surface area contributed by atoms with E-state index >= 15 is 0 Å². The molecule has 0 unspecified atom stereocenters. The number of hydrogen-bond donors (Lipinski definition) is 0. The summed E-state index contributed by atoms with van der Waals surface area (Å²) in [5, 5.41) is 0. The maximum Gasteiger partial charge on any atom is 0.167 e. The smallest absolute Gasteiger partial charge is 0.167 e. The number of aryl methyl sites for hydroxylation is 2. The van der Waals surface area contributed by atoms with Crippen LogP contribution in [0.2, 0.25) is 0 Å². The number of benzene rings is 2. The molecule has 2 rings (SSSR count). The Morgan fingerprint density at radius 1 is 1.15 bits per heavy atom. The van der Waals surface area contributed by atoms with Gasteiger partial charge in [0, 0.05) is 16.5 Å². The second-order valence-electron chi connectivity index (χ2n) is 4.88. The van der Waals surface area contributed by atoms with Crippen LogP contribution in [0.3, 0.4) is 0 Å². The molecular weight excluding hydrogens is 316 g/mol. The lowest BCUT2D eigenvalue weighted by atomic mass is 9.99. The molecule has 0 atom stereocenters. The van der Waals surface area contributed by atoms with Crippen molar-refractivity contribution in [2.45, 2.75) is 20.3 Å².